The van der Waals surface area contributed by atoms with Crippen LogP contribution < -0.4 is 10.6 Å². The molecule has 2 rings (SSSR count). The van der Waals surface area contributed by atoms with Crippen LogP contribution in [-0.4, -0.2) is 17.1 Å². The van der Waals surface area contributed by atoms with E-state index in [1.807, 2.05) is 39.4 Å². The number of thiophene rings is 1. The number of anilines is 1. The standard InChI is InChI=1S/C13H11IN2O3S/c14-9-1-2-11(10(5-9)12(17)18)16-13(19)15-6-8-3-4-20-7-8/h1-5,7H,6H2,(H,17,18)(H2,15,16,19). The summed E-state index contributed by atoms with van der Waals surface area (Å²) in [5.74, 6) is -1.07. The molecule has 0 bridgehead atoms. The lowest BCUT2D eigenvalue weighted by Gasteiger charge is -2.10. The molecule has 0 saturated carbocycles. The second-order valence-electron chi connectivity index (χ2n) is 3.93. The number of aromatic carboxylic acids is 1. The average molecular weight is 402 g/mol. The predicted molar refractivity (Wildman–Crippen MR) is 86.3 cm³/mol. The third-order valence-corrected chi connectivity index (χ3v) is 3.90. The van der Waals surface area contributed by atoms with Crippen molar-refractivity contribution in [2.24, 2.45) is 0 Å². The average Bonchev–Trinajstić information content (AvgIpc) is 2.91. The van der Waals surface area contributed by atoms with Gasteiger partial charge in [0.15, 0.2) is 0 Å². The van der Waals surface area contributed by atoms with Crippen molar-refractivity contribution in [3.05, 3.63) is 49.7 Å². The second kappa shape index (κ2) is 6.71. The van der Waals surface area contributed by atoms with E-state index in [2.05, 4.69) is 10.6 Å². The molecule has 0 aliphatic carbocycles. The van der Waals surface area contributed by atoms with Crippen molar-refractivity contribution in [3.63, 3.8) is 0 Å². The first-order valence-electron chi connectivity index (χ1n) is 5.65. The van der Waals surface area contributed by atoms with Gasteiger partial charge in [0.25, 0.3) is 0 Å². The molecule has 2 aromatic rings. The Morgan fingerprint density at radius 2 is 2.10 bits per heavy atom. The number of benzene rings is 1. The van der Waals surface area contributed by atoms with Crippen LogP contribution in [0.5, 0.6) is 0 Å². The lowest BCUT2D eigenvalue weighted by atomic mass is 10.2. The Kier molecular flexibility index (Phi) is 4.96. The first-order chi connectivity index (χ1) is 9.56. The van der Waals surface area contributed by atoms with Gasteiger partial charge in [0.05, 0.1) is 11.3 Å². The molecule has 1 aromatic heterocycles. The van der Waals surface area contributed by atoms with Gasteiger partial charge in [-0.2, -0.15) is 11.3 Å². The molecule has 0 atom stereocenters. The van der Waals surface area contributed by atoms with Gasteiger partial charge in [-0.3, -0.25) is 0 Å². The molecule has 104 valence electrons. The second-order valence-corrected chi connectivity index (χ2v) is 5.96. The van der Waals surface area contributed by atoms with E-state index in [9.17, 15) is 9.59 Å². The highest BCUT2D eigenvalue weighted by molar-refractivity contribution is 14.1. The fourth-order valence-corrected chi connectivity index (χ4v) is 2.70. The number of carboxylic acids is 1. The summed E-state index contributed by atoms with van der Waals surface area (Å²) in [4.78, 5) is 22.9. The highest BCUT2D eigenvalue weighted by Gasteiger charge is 2.12. The van der Waals surface area contributed by atoms with Crippen molar-refractivity contribution in [3.8, 4) is 0 Å². The number of halogens is 1. The van der Waals surface area contributed by atoms with Gasteiger partial charge in [0.2, 0.25) is 0 Å². The normalized spacial score (nSPS) is 10.1. The van der Waals surface area contributed by atoms with Crippen LogP contribution in [0.4, 0.5) is 10.5 Å². The van der Waals surface area contributed by atoms with Crippen molar-refractivity contribution in [1.82, 2.24) is 5.32 Å². The number of hydrogen-bond acceptors (Lipinski definition) is 3. The summed E-state index contributed by atoms with van der Waals surface area (Å²) in [5, 5.41) is 18.2. The lowest BCUT2D eigenvalue weighted by Crippen LogP contribution is -2.28. The summed E-state index contributed by atoms with van der Waals surface area (Å²) in [6, 6.07) is 6.31. The van der Waals surface area contributed by atoms with Crippen LogP contribution >= 0.6 is 33.9 Å². The smallest absolute Gasteiger partial charge is 0.337 e. The summed E-state index contributed by atoms with van der Waals surface area (Å²) >= 11 is 3.58. The Morgan fingerprint density at radius 1 is 1.30 bits per heavy atom. The van der Waals surface area contributed by atoms with E-state index in [0.29, 0.717) is 6.54 Å². The summed E-state index contributed by atoms with van der Waals surface area (Å²) in [6.07, 6.45) is 0. The van der Waals surface area contributed by atoms with Gasteiger partial charge in [-0.1, -0.05) is 0 Å². The summed E-state index contributed by atoms with van der Waals surface area (Å²) in [5.41, 5.74) is 1.36. The molecule has 5 nitrogen and oxygen atoms in total. The topological polar surface area (TPSA) is 78.4 Å². The van der Waals surface area contributed by atoms with Gasteiger partial charge < -0.3 is 15.7 Å². The highest BCUT2D eigenvalue weighted by Crippen LogP contribution is 2.19. The highest BCUT2D eigenvalue weighted by atomic mass is 127. The van der Waals surface area contributed by atoms with E-state index in [1.54, 1.807) is 23.5 Å². The molecular formula is C13H11IN2O3S. The molecular weight excluding hydrogens is 391 g/mol. The molecule has 3 N–H and O–H groups in total. The molecule has 0 aliphatic heterocycles. The van der Waals surface area contributed by atoms with Crippen molar-refractivity contribution in [2.75, 3.05) is 5.32 Å². The van der Waals surface area contributed by atoms with Crippen LogP contribution in [0.1, 0.15) is 15.9 Å². The van der Waals surface area contributed by atoms with E-state index in [4.69, 9.17) is 5.11 Å². The van der Waals surface area contributed by atoms with Gasteiger partial charge in [-0.05, 0) is 63.2 Å². The molecule has 0 fully saturated rings. The minimum absolute atomic E-state index is 0.0718. The Balaban J connectivity index is 2.02. The maximum absolute atomic E-state index is 11.8. The van der Waals surface area contributed by atoms with Crippen molar-refractivity contribution >= 4 is 51.6 Å². The van der Waals surface area contributed by atoms with Crippen LogP contribution in [0, 0.1) is 3.57 Å². The third kappa shape index (κ3) is 3.94. The van der Waals surface area contributed by atoms with Gasteiger partial charge in [-0.15, -0.1) is 0 Å². The Hall–Kier alpha value is -1.61. The van der Waals surface area contributed by atoms with Crippen LogP contribution in [-0.2, 0) is 6.54 Å². The quantitative estimate of drug-likeness (QED) is 0.687. The van der Waals surface area contributed by atoms with Crippen LogP contribution in [0.2, 0.25) is 0 Å². The van der Waals surface area contributed by atoms with Crippen molar-refractivity contribution in [1.29, 1.82) is 0 Å². The SMILES string of the molecule is O=C(NCc1ccsc1)Nc1ccc(I)cc1C(=O)O. The van der Waals surface area contributed by atoms with E-state index in [0.717, 1.165) is 9.13 Å². The molecule has 0 aliphatic rings. The van der Waals surface area contributed by atoms with Crippen LogP contribution in [0.3, 0.4) is 0 Å². The Bertz CT molecular complexity index is 629. The molecule has 1 heterocycles. The zero-order chi connectivity index (χ0) is 14.5. The summed E-state index contributed by atoms with van der Waals surface area (Å²) < 4.78 is 0.796. The van der Waals surface area contributed by atoms with E-state index in [-0.39, 0.29) is 11.3 Å². The molecule has 7 heteroatoms. The van der Waals surface area contributed by atoms with Crippen LogP contribution in [0.25, 0.3) is 0 Å². The summed E-state index contributed by atoms with van der Waals surface area (Å²) in [7, 11) is 0. The first kappa shape index (κ1) is 14.8. The third-order valence-electron chi connectivity index (χ3n) is 2.49. The monoisotopic (exact) mass is 402 g/mol. The number of carbonyl (C=O) groups excluding carboxylic acids is 1. The molecule has 0 saturated heterocycles. The molecule has 0 radical (unpaired) electrons. The molecule has 2 amide bonds. The van der Waals surface area contributed by atoms with Gasteiger partial charge in [0.1, 0.15) is 0 Å². The molecule has 1 aromatic carbocycles. The zero-order valence-electron chi connectivity index (χ0n) is 10.2. The van der Waals surface area contributed by atoms with E-state index in [1.165, 1.54) is 6.07 Å². The number of carboxylic acid groups (broad SMARTS) is 1. The fourth-order valence-electron chi connectivity index (χ4n) is 1.54. The number of amides is 2. The van der Waals surface area contributed by atoms with E-state index < -0.39 is 12.0 Å². The lowest BCUT2D eigenvalue weighted by molar-refractivity contribution is 0.0698. The van der Waals surface area contributed by atoms with Crippen molar-refractivity contribution < 1.29 is 14.7 Å². The maximum Gasteiger partial charge on any atom is 0.337 e. The molecule has 20 heavy (non-hydrogen) atoms. The number of nitrogens with one attached hydrogen (secondary N) is 2. The maximum atomic E-state index is 11.8. The minimum atomic E-state index is -1.07. The van der Waals surface area contributed by atoms with Gasteiger partial charge in [0, 0.05) is 10.1 Å². The minimum Gasteiger partial charge on any atom is -0.478 e. The number of carbonyl (C=O) groups is 2. The largest absolute Gasteiger partial charge is 0.478 e. The van der Waals surface area contributed by atoms with E-state index >= 15 is 0 Å². The van der Waals surface area contributed by atoms with Crippen molar-refractivity contribution in [2.45, 2.75) is 6.54 Å². The first-order valence-corrected chi connectivity index (χ1v) is 7.67. The predicted octanol–water partition coefficient (Wildman–Crippen LogP) is 3.37. The number of rotatable bonds is 4. The van der Waals surface area contributed by atoms with Gasteiger partial charge in [-0.25, -0.2) is 9.59 Å². The van der Waals surface area contributed by atoms with Crippen LogP contribution in [0.15, 0.2) is 35.0 Å². The number of hydrogen-bond donors (Lipinski definition) is 3. The molecule has 0 unspecified atom stereocenters. The molecule has 0 spiro atoms. The summed E-state index contributed by atoms with van der Waals surface area (Å²) in [6.45, 7) is 0.405. The zero-order valence-corrected chi connectivity index (χ0v) is 13.2. The Labute approximate surface area is 133 Å². The fraction of sp³-hybridized carbons (Fsp3) is 0.0769. The number of urea groups is 1. The Morgan fingerprint density at radius 3 is 2.75 bits per heavy atom. The van der Waals surface area contributed by atoms with Gasteiger partial charge >= 0.3 is 12.0 Å².